The summed E-state index contributed by atoms with van der Waals surface area (Å²) in [6.45, 7) is 4.13. The predicted octanol–water partition coefficient (Wildman–Crippen LogP) is 0.217. The predicted molar refractivity (Wildman–Crippen MR) is 67.1 cm³/mol. The van der Waals surface area contributed by atoms with E-state index in [1.165, 1.54) is 12.8 Å². The van der Waals surface area contributed by atoms with Crippen LogP contribution in [0.15, 0.2) is 0 Å². The van der Waals surface area contributed by atoms with Crippen LogP contribution >= 0.6 is 12.2 Å². The molecule has 0 unspecified atom stereocenters. The second-order valence-corrected chi connectivity index (χ2v) is 5.30. The van der Waals surface area contributed by atoms with Gasteiger partial charge in [0.05, 0.1) is 4.99 Å². The quantitative estimate of drug-likeness (QED) is 0.715. The molecule has 2 fully saturated rings. The number of piperazine rings is 1. The van der Waals surface area contributed by atoms with E-state index in [9.17, 15) is 4.79 Å². The molecule has 0 aromatic heterocycles. The molecule has 0 atom stereocenters. The molecule has 0 aromatic rings. The first-order valence-electron chi connectivity index (χ1n) is 5.93. The van der Waals surface area contributed by atoms with Crippen LogP contribution in [0.25, 0.3) is 0 Å². The van der Waals surface area contributed by atoms with Gasteiger partial charge in [0, 0.05) is 39.1 Å². The molecule has 0 aromatic carbocycles. The maximum Gasteiger partial charge on any atom is 0.222 e. The number of hydrogen-bond donors (Lipinski definition) is 1. The highest BCUT2D eigenvalue weighted by molar-refractivity contribution is 7.80. The zero-order valence-electron chi connectivity index (χ0n) is 9.52. The molecular weight excluding hydrogens is 222 g/mol. The molecule has 2 rings (SSSR count). The van der Waals surface area contributed by atoms with Gasteiger partial charge < -0.3 is 10.6 Å². The van der Waals surface area contributed by atoms with E-state index < -0.39 is 0 Å². The van der Waals surface area contributed by atoms with Crippen LogP contribution in [0.2, 0.25) is 0 Å². The van der Waals surface area contributed by atoms with Gasteiger partial charge in [-0.2, -0.15) is 0 Å². The van der Waals surface area contributed by atoms with Crippen molar-refractivity contribution in [3.63, 3.8) is 0 Å². The van der Waals surface area contributed by atoms with Crippen LogP contribution in [-0.4, -0.2) is 53.4 Å². The first-order valence-corrected chi connectivity index (χ1v) is 6.34. The highest BCUT2D eigenvalue weighted by Crippen LogP contribution is 2.32. The van der Waals surface area contributed by atoms with Gasteiger partial charge in [-0.15, -0.1) is 0 Å². The minimum Gasteiger partial charge on any atom is -0.392 e. The normalized spacial score (nSPS) is 22.1. The van der Waals surface area contributed by atoms with Crippen molar-refractivity contribution in [2.24, 2.45) is 11.7 Å². The van der Waals surface area contributed by atoms with Crippen molar-refractivity contribution in [2.45, 2.75) is 19.3 Å². The van der Waals surface area contributed by atoms with E-state index in [1.807, 2.05) is 4.90 Å². The topological polar surface area (TPSA) is 49.6 Å². The third-order valence-electron chi connectivity index (χ3n) is 3.26. The lowest BCUT2D eigenvalue weighted by atomic mass is 10.2. The summed E-state index contributed by atoms with van der Waals surface area (Å²) < 4.78 is 0. The SMILES string of the molecule is NC(=S)CN1CCN(C(=O)CC2CC2)CC1. The van der Waals surface area contributed by atoms with Crippen molar-refractivity contribution in [3.05, 3.63) is 0 Å². The summed E-state index contributed by atoms with van der Waals surface area (Å²) in [5, 5.41) is 0. The Bertz CT molecular complexity index is 283. The highest BCUT2D eigenvalue weighted by atomic mass is 32.1. The average molecular weight is 241 g/mol. The molecule has 5 heteroatoms. The van der Waals surface area contributed by atoms with E-state index in [-0.39, 0.29) is 0 Å². The molecule has 4 nitrogen and oxygen atoms in total. The van der Waals surface area contributed by atoms with Gasteiger partial charge in [0.2, 0.25) is 5.91 Å². The Labute approximate surface area is 102 Å². The average Bonchev–Trinajstić information content (AvgIpc) is 3.01. The molecule has 1 heterocycles. The number of amides is 1. The van der Waals surface area contributed by atoms with Crippen molar-refractivity contribution >= 4 is 23.1 Å². The lowest BCUT2D eigenvalue weighted by Crippen LogP contribution is -2.50. The van der Waals surface area contributed by atoms with E-state index >= 15 is 0 Å². The maximum absolute atomic E-state index is 11.8. The van der Waals surface area contributed by atoms with Crippen LogP contribution < -0.4 is 5.73 Å². The van der Waals surface area contributed by atoms with Gasteiger partial charge in [-0.3, -0.25) is 9.69 Å². The third kappa shape index (κ3) is 3.42. The molecule has 2 aliphatic rings. The van der Waals surface area contributed by atoms with E-state index in [4.69, 9.17) is 18.0 Å². The second kappa shape index (κ2) is 5.10. The van der Waals surface area contributed by atoms with Gasteiger partial charge in [0.1, 0.15) is 0 Å². The Balaban J connectivity index is 1.71. The fourth-order valence-corrected chi connectivity index (χ4v) is 2.26. The number of carbonyl (C=O) groups is 1. The summed E-state index contributed by atoms with van der Waals surface area (Å²) in [5.74, 6) is 1.01. The molecule has 2 N–H and O–H groups in total. The maximum atomic E-state index is 11.8. The van der Waals surface area contributed by atoms with Crippen LogP contribution in [0, 0.1) is 5.92 Å². The Morgan fingerprint density at radius 3 is 2.38 bits per heavy atom. The fourth-order valence-electron chi connectivity index (χ4n) is 2.07. The van der Waals surface area contributed by atoms with Gasteiger partial charge in [0.25, 0.3) is 0 Å². The molecule has 1 saturated carbocycles. The summed E-state index contributed by atoms with van der Waals surface area (Å²) in [6, 6.07) is 0. The van der Waals surface area contributed by atoms with Crippen LogP contribution in [0.3, 0.4) is 0 Å². The molecular formula is C11H19N3OS. The van der Waals surface area contributed by atoms with Crippen LogP contribution in [-0.2, 0) is 4.79 Å². The monoisotopic (exact) mass is 241 g/mol. The summed E-state index contributed by atoms with van der Waals surface area (Å²) in [6.07, 6.45) is 3.25. The van der Waals surface area contributed by atoms with Crippen molar-refractivity contribution in [1.82, 2.24) is 9.80 Å². The van der Waals surface area contributed by atoms with Crippen LogP contribution in [0.4, 0.5) is 0 Å². The van der Waals surface area contributed by atoms with Crippen molar-refractivity contribution in [2.75, 3.05) is 32.7 Å². The van der Waals surface area contributed by atoms with E-state index in [0.29, 0.717) is 23.4 Å². The van der Waals surface area contributed by atoms with Gasteiger partial charge >= 0.3 is 0 Å². The zero-order chi connectivity index (χ0) is 11.5. The second-order valence-electron chi connectivity index (χ2n) is 4.77. The molecule has 16 heavy (non-hydrogen) atoms. The summed E-state index contributed by atoms with van der Waals surface area (Å²) in [7, 11) is 0. The van der Waals surface area contributed by atoms with Crippen molar-refractivity contribution in [3.8, 4) is 0 Å². The number of nitrogens with zero attached hydrogens (tertiary/aromatic N) is 2. The lowest BCUT2D eigenvalue weighted by molar-refractivity contribution is -0.133. The zero-order valence-corrected chi connectivity index (χ0v) is 10.3. The Hall–Kier alpha value is -0.680. The Morgan fingerprint density at radius 2 is 1.88 bits per heavy atom. The molecule has 0 bridgehead atoms. The largest absolute Gasteiger partial charge is 0.392 e. The first kappa shape index (κ1) is 11.8. The minimum absolute atomic E-state index is 0.331. The smallest absolute Gasteiger partial charge is 0.222 e. The number of thiocarbonyl (C=S) groups is 1. The van der Waals surface area contributed by atoms with E-state index in [2.05, 4.69) is 4.90 Å². The summed E-state index contributed by atoms with van der Waals surface area (Å²) in [5.41, 5.74) is 5.50. The Morgan fingerprint density at radius 1 is 1.25 bits per heavy atom. The van der Waals surface area contributed by atoms with E-state index in [0.717, 1.165) is 32.6 Å². The highest BCUT2D eigenvalue weighted by Gasteiger charge is 2.28. The molecule has 0 spiro atoms. The molecule has 1 amide bonds. The molecule has 1 aliphatic heterocycles. The minimum atomic E-state index is 0.331. The summed E-state index contributed by atoms with van der Waals surface area (Å²) >= 11 is 4.88. The van der Waals surface area contributed by atoms with Crippen molar-refractivity contribution in [1.29, 1.82) is 0 Å². The number of nitrogens with two attached hydrogens (primary N) is 1. The standard InChI is InChI=1S/C11H19N3OS/c12-10(16)8-13-3-5-14(6-4-13)11(15)7-9-1-2-9/h9H,1-8H2,(H2,12,16). The van der Waals surface area contributed by atoms with Crippen LogP contribution in [0.1, 0.15) is 19.3 Å². The first-order chi connectivity index (χ1) is 7.65. The number of hydrogen-bond acceptors (Lipinski definition) is 3. The lowest BCUT2D eigenvalue weighted by Gasteiger charge is -2.34. The number of rotatable bonds is 4. The summed E-state index contributed by atoms with van der Waals surface area (Å²) in [4.78, 5) is 16.6. The molecule has 90 valence electrons. The van der Waals surface area contributed by atoms with Crippen LogP contribution in [0.5, 0.6) is 0 Å². The molecule has 1 saturated heterocycles. The fraction of sp³-hybridized carbons (Fsp3) is 0.818. The molecule has 0 radical (unpaired) electrons. The third-order valence-corrected chi connectivity index (χ3v) is 3.39. The number of carbonyl (C=O) groups excluding carboxylic acids is 1. The Kier molecular flexibility index (Phi) is 3.76. The van der Waals surface area contributed by atoms with E-state index in [1.54, 1.807) is 0 Å². The van der Waals surface area contributed by atoms with Gasteiger partial charge in [0.15, 0.2) is 0 Å². The van der Waals surface area contributed by atoms with Gasteiger partial charge in [-0.25, -0.2) is 0 Å². The molecule has 1 aliphatic carbocycles. The van der Waals surface area contributed by atoms with Gasteiger partial charge in [-0.1, -0.05) is 12.2 Å². The van der Waals surface area contributed by atoms with Gasteiger partial charge in [-0.05, 0) is 18.8 Å². The van der Waals surface area contributed by atoms with Crippen molar-refractivity contribution < 1.29 is 4.79 Å².